The molecule has 1 aliphatic rings. The largest absolute Gasteiger partial charge is 0.463 e. The van der Waals surface area contributed by atoms with Gasteiger partial charge in [-0.2, -0.15) is 0 Å². The Hall–Kier alpha value is -2.32. The Balaban J connectivity index is 2.12. The summed E-state index contributed by atoms with van der Waals surface area (Å²) < 4.78 is 38.6. The highest BCUT2D eigenvalue weighted by Crippen LogP contribution is 2.46. The molecular weight excluding hydrogens is 518 g/mol. The Bertz CT molecular complexity index is 1130. The maximum Gasteiger partial charge on any atom is 0.333 e. The summed E-state index contributed by atoms with van der Waals surface area (Å²) in [4.78, 5) is 13.9. The number of carbonyl (C=O) groups is 1. The van der Waals surface area contributed by atoms with Crippen molar-refractivity contribution in [1.29, 1.82) is 0 Å². The van der Waals surface area contributed by atoms with Crippen LogP contribution in [-0.2, 0) is 19.4 Å². The Morgan fingerprint density at radius 3 is 2.56 bits per heavy atom. The van der Waals surface area contributed by atoms with Gasteiger partial charge in [-0.25, -0.2) is 13.2 Å². The monoisotopic (exact) mass is 549 g/mol. The van der Waals surface area contributed by atoms with Gasteiger partial charge in [0.25, 0.3) is 0 Å². The number of unbranched alkanes of at least 4 members (excludes halogenated alkanes) is 1. The topological polar surface area (TPSA) is 72.9 Å². The van der Waals surface area contributed by atoms with E-state index in [-0.39, 0.29) is 22.7 Å². The highest BCUT2D eigenvalue weighted by atomic mass is 79.9. The molecule has 0 saturated heterocycles. The average molecular weight is 551 g/mol. The van der Waals surface area contributed by atoms with Crippen LogP contribution in [0.1, 0.15) is 46.5 Å². The third-order valence-electron chi connectivity index (χ3n) is 6.19. The fourth-order valence-corrected chi connectivity index (χ4v) is 6.91. The van der Waals surface area contributed by atoms with Gasteiger partial charge in [0.2, 0.25) is 0 Å². The normalized spacial score (nSPS) is 19.5. The SMILES string of the molecule is CCCCC1(CC)CN(c2ccccc2)c2cc(Br)c(O/C=C\C(=O)OCC)cc2S(=O)(=O)C1. The lowest BCUT2D eigenvalue weighted by molar-refractivity contribution is -0.137. The molecule has 0 aromatic heterocycles. The number of halogens is 1. The second kappa shape index (κ2) is 11.4. The van der Waals surface area contributed by atoms with Gasteiger partial charge in [-0.3, -0.25) is 0 Å². The van der Waals surface area contributed by atoms with E-state index in [1.165, 1.54) is 12.3 Å². The molecule has 0 spiro atoms. The third-order valence-corrected chi connectivity index (χ3v) is 8.80. The summed E-state index contributed by atoms with van der Waals surface area (Å²) in [5.41, 5.74) is 1.19. The number of esters is 1. The summed E-state index contributed by atoms with van der Waals surface area (Å²) in [5.74, 6) is -0.139. The van der Waals surface area contributed by atoms with E-state index in [1.54, 1.807) is 19.1 Å². The van der Waals surface area contributed by atoms with Gasteiger partial charge < -0.3 is 14.4 Å². The molecule has 1 atom stereocenters. The minimum Gasteiger partial charge on any atom is -0.463 e. The number of nitrogens with zero attached hydrogens (tertiary/aromatic N) is 1. The quantitative estimate of drug-likeness (QED) is 0.204. The second-order valence-electron chi connectivity index (χ2n) is 8.56. The molecule has 2 aromatic rings. The predicted octanol–water partition coefficient (Wildman–Crippen LogP) is 6.42. The van der Waals surface area contributed by atoms with E-state index in [4.69, 9.17) is 9.47 Å². The molecule has 0 fully saturated rings. The first-order valence-corrected chi connectivity index (χ1v) is 14.1. The molecule has 1 unspecified atom stereocenters. The number of fused-ring (bicyclic) bond motifs is 1. The summed E-state index contributed by atoms with van der Waals surface area (Å²) >= 11 is 3.53. The van der Waals surface area contributed by atoms with Gasteiger partial charge in [0.1, 0.15) is 5.75 Å². The van der Waals surface area contributed by atoms with Gasteiger partial charge >= 0.3 is 5.97 Å². The van der Waals surface area contributed by atoms with Crippen LogP contribution in [0.25, 0.3) is 0 Å². The van der Waals surface area contributed by atoms with Crippen molar-refractivity contribution < 1.29 is 22.7 Å². The van der Waals surface area contributed by atoms with E-state index >= 15 is 0 Å². The van der Waals surface area contributed by atoms with Crippen LogP contribution in [0.15, 0.2) is 64.2 Å². The summed E-state index contributed by atoms with van der Waals surface area (Å²) in [6.07, 6.45) is 5.95. The van der Waals surface area contributed by atoms with Crippen LogP contribution < -0.4 is 9.64 Å². The summed E-state index contributed by atoms with van der Waals surface area (Å²) in [6, 6.07) is 13.2. The van der Waals surface area contributed by atoms with E-state index in [0.29, 0.717) is 22.5 Å². The number of hydrogen-bond acceptors (Lipinski definition) is 6. The maximum atomic E-state index is 13.7. The van der Waals surface area contributed by atoms with Crippen LogP contribution in [0.4, 0.5) is 11.4 Å². The van der Waals surface area contributed by atoms with Crippen LogP contribution in [0.5, 0.6) is 5.75 Å². The summed E-state index contributed by atoms with van der Waals surface area (Å²) in [6.45, 7) is 6.79. The minimum absolute atomic E-state index is 0.0760. The maximum absolute atomic E-state index is 13.7. The molecule has 1 heterocycles. The number of anilines is 2. The lowest BCUT2D eigenvalue weighted by Gasteiger charge is -2.36. The fraction of sp³-hybridized carbons (Fsp3) is 0.423. The molecule has 1 aliphatic heterocycles. The van der Waals surface area contributed by atoms with Gasteiger partial charge in [-0.15, -0.1) is 0 Å². The van der Waals surface area contributed by atoms with Crippen LogP contribution >= 0.6 is 15.9 Å². The van der Waals surface area contributed by atoms with Crippen LogP contribution in [-0.4, -0.2) is 33.3 Å². The smallest absolute Gasteiger partial charge is 0.333 e. The van der Waals surface area contributed by atoms with E-state index in [1.807, 2.05) is 30.3 Å². The van der Waals surface area contributed by atoms with Crippen LogP contribution in [0.3, 0.4) is 0 Å². The standard InChI is InChI=1S/C26H32BrNO5S/c1-4-7-14-26(5-2)18-28(20-11-9-8-10-12-20)22-16-21(27)23(17-24(22)34(30,31)19-26)33-15-13-25(29)32-6-3/h8-13,15-17H,4-7,14,18-19H2,1-3H3/b15-13-. The zero-order chi connectivity index (χ0) is 24.8. The van der Waals surface area contributed by atoms with Gasteiger partial charge in [0, 0.05) is 23.7 Å². The Labute approximate surface area is 211 Å². The van der Waals surface area contributed by atoms with Crippen molar-refractivity contribution in [3.05, 3.63) is 59.3 Å². The molecule has 184 valence electrons. The molecule has 0 radical (unpaired) electrons. The molecule has 0 saturated carbocycles. The highest BCUT2D eigenvalue weighted by molar-refractivity contribution is 9.10. The number of ether oxygens (including phenoxy) is 2. The number of carbonyl (C=O) groups excluding carboxylic acids is 1. The molecule has 0 bridgehead atoms. The summed E-state index contributed by atoms with van der Waals surface area (Å²) in [5, 5.41) is 0. The van der Waals surface area contributed by atoms with Crippen molar-refractivity contribution in [2.45, 2.75) is 51.3 Å². The molecule has 2 aromatic carbocycles. The molecule has 8 heteroatoms. The first-order valence-electron chi connectivity index (χ1n) is 11.6. The Morgan fingerprint density at radius 1 is 1.18 bits per heavy atom. The number of rotatable bonds is 9. The summed E-state index contributed by atoms with van der Waals surface area (Å²) in [7, 11) is -3.62. The molecule has 0 aliphatic carbocycles. The van der Waals surface area contributed by atoms with Gasteiger partial charge in [0.15, 0.2) is 9.84 Å². The van der Waals surface area contributed by atoms with E-state index in [9.17, 15) is 13.2 Å². The van der Waals surface area contributed by atoms with Crippen LogP contribution in [0.2, 0.25) is 0 Å². The fourth-order valence-electron chi connectivity index (χ4n) is 4.31. The third kappa shape index (κ3) is 6.02. The van der Waals surface area contributed by atoms with Crippen molar-refractivity contribution in [2.75, 3.05) is 23.8 Å². The molecule has 6 nitrogen and oxygen atoms in total. The van der Waals surface area contributed by atoms with Crippen molar-refractivity contribution >= 4 is 43.1 Å². The average Bonchev–Trinajstić information content (AvgIpc) is 2.91. The molecule has 34 heavy (non-hydrogen) atoms. The molecular formula is C26H32BrNO5S. The van der Waals surface area contributed by atoms with Crippen molar-refractivity contribution in [3.63, 3.8) is 0 Å². The number of hydrogen-bond donors (Lipinski definition) is 0. The van der Waals surface area contributed by atoms with E-state index in [2.05, 4.69) is 34.7 Å². The molecule has 0 N–H and O–H groups in total. The first-order chi connectivity index (χ1) is 16.2. The molecule has 0 amide bonds. The Kier molecular flexibility index (Phi) is 8.82. The second-order valence-corrected chi connectivity index (χ2v) is 11.4. The number of benzene rings is 2. The lowest BCUT2D eigenvalue weighted by atomic mass is 9.81. The van der Waals surface area contributed by atoms with Crippen molar-refractivity contribution in [2.24, 2.45) is 5.41 Å². The lowest BCUT2D eigenvalue weighted by Crippen LogP contribution is -2.37. The van der Waals surface area contributed by atoms with Crippen molar-refractivity contribution in [3.8, 4) is 5.75 Å². The van der Waals surface area contributed by atoms with Crippen molar-refractivity contribution in [1.82, 2.24) is 0 Å². The zero-order valence-corrected chi connectivity index (χ0v) is 22.3. The van der Waals surface area contributed by atoms with Gasteiger partial charge in [0.05, 0.1) is 39.8 Å². The first kappa shape index (κ1) is 26.3. The van der Waals surface area contributed by atoms with E-state index in [0.717, 1.165) is 31.4 Å². The highest BCUT2D eigenvalue weighted by Gasteiger charge is 2.41. The van der Waals surface area contributed by atoms with Crippen LogP contribution in [0, 0.1) is 5.41 Å². The zero-order valence-electron chi connectivity index (χ0n) is 19.9. The number of sulfone groups is 1. The molecule has 3 rings (SSSR count). The number of para-hydroxylation sites is 1. The van der Waals surface area contributed by atoms with Gasteiger partial charge in [-0.05, 0) is 53.9 Å². The van der Waals surface area contributed by atoms with Gasteiger partial charge in [-0.1, -0.05) is 44.9 Å². The predicted molar refractivity (Wildman–Crippen MR) is 138 cm³/mol. The van der Waals surface area contributed by atoms with E-state index < -0.39 is 15.8 Å². The minimum atomic E-state index is -3.62. The Morgan fingerprint density at radius 2 is 1.91 bits per heavy atom.